The summed E-state index contributed by atoms with van der Waals surface area (Å²) >= 11 is 0. The first kappa shape index (κ1) is 40.4. The molecule has 1 aliphatic carbocycles. The number of imide groups is 2. The summed E-state index contributed by atoms with van der Waals surface area (Å²) in [5.74, 6) is -1.39. The molecule has 0 bridgehead atoms. The molecule has 5 aliphatic heterocycles. The molecule has 3 aromatic rings. The number of carbonyl (C=O) groups is 4. The normalized spacial score (nSPS) is 20.9. The third-order valence-corrected chi connectivity index (χ3v) is 13.6. The third-order valence-electron chi connectivity index (χ3n) is 13.6. The topological polar surface area (TPSA) is 115 Å². The zero-order valence-electron chi connectivity index (χ0n) is 34.6. The van der Waals surface area contributed by atoms with Crippen LogP contribution in [-0.2, 0) is 22.4 Å². The van der Waals surface area contributed by atoms with Crippen LogP contribution in [0.3, 0.4) is 0 Å². The molecule has 3 saturated heterocycles. The van der Waals surface area contributed by atoms with E-state index in [0.29, 0.717) is 96.9 Å². The van der Waals surface area contributed by atoms with E-state index in [1.54, 1.807) is 0 Å². The summed E-state index contributed by atoms with van der Waals surface area (Å²) in [6.45, 7) is 12.0. The van der Waals surface area contributed by atoms with Gasteiger partial charge in [-0.2, -0.15) is 0 Å². The Morgan fingerprint density at radius 2 is 1.07 bits per heavy atom. The van der Waals surface area contributed by atoms with Crippen molar-refractivity contribution in [1.29, 1.82) is 0 Å². The molecule has 9 rings (SSSR count). The number of nitrogens with one attached hydrogen (secondary N) is 1. The first-order chi connectivity index (χ1) is 28.9. The Hall–Kier alpha value is -4.04. The third kappa shape index (κ3) is 8.49. The number of hydrogen-bond donors (Lipinski definition) is 1. The molecule has 0 spiro atoms. The highest BCUT2D eigenvalue weighted by atomic mass is 16.5. The van der Waals surface area contributed by atoms with Crippen molar-refractivity contribution in [1.82, 2.24) is 29.8 Å². The van der Waals surface area contributed by atoms with Crippen LogP contribution < -0.4 is 5.32 Å². The zero-order valence-corrected chi connectivity index (χ0v) is 34.6. The highest BCUT2D eigenvalue weighted by Crippen LogP contribution is 2.44. The van der Waals surface area contributed by atoms with Gasteiger partial charge in [0.25, 0.3) is 23.6 Å². The smallest absolute Gasteiger partial charge is 0.262 e. The molecular formula is C47H60N6O6. The molecule has 0 unspecified atom stereocenters. The molecule has 1 saturated carbocycles. The fourth-order valence-corrected chi connectivity index (χ4v) is 10.3. The first-order valence-electron chi connectivity index (χ1n) is 22.5. The number of morpholine rings is 2. The van der Waals surface area contributed by atoms with Crippen LogP contribution >= 0.6 is 0 Å². The molecule has 0 aromatic heterocycles. The number of hydrogen-bond acceptors (Lipinski definition) is 10. The quantitative estimate of drug-likeness (QED) is 0.194. The minimum Gasteiger partial charge on any atom is -0.379 e. The Labute approximate surface area is 348 Å². The molecule has 3 aromatic carbocycles. The van der Waals surface area contributed by atoms with Gasteiger partial charge in [0.05, 0.1) is 37.6 Å². The van der Waals surface area contributed by atoms with E-state index in [1.165, 1.54) is 48.3 Å². The number of carbonyl (C=O) groups excluding carboxylic acids is 4. The lowest BCUT2D eigenvalue weighted by Gasteiger charge is -2.35. The van der Waals surface area contributed by atoms with Gasteiger partial charge in [-0.05, 0) is 105 Å². The van der Waals surface area contributed by atoms with Crippen molar-refractivity contribution in [3.05, 3.63) is 69.8 Å². The predicted octanol–water partition coefficient (Wildman–Crippen LogP) is 5.20. The summed E-state index contributed by atoms with van der Waals surface area (Å²) in [5.41, 5.74) is 5.09. The van der Waals surface area contributed by atoms with E-state index < -0.39 is 0 Å². The SMILES string of the molecule is O=C1c2cc(-c3ccc(CNC4CCCC4)cc3)c3c4c(cc(CCCN5CCCC5)c(c24)C(=O)N1CCCN1CCOCC1)C(=O)N(CCCN1CCOCC1)C3=O. The Kier molecular flexibility index (Phi) is 12.5. The van der Waals surface area contributed by atoms with Gasteiger partial charge in [-0.15, -0.1) is 0 Å². The van der Waals surface area contributed by atoms with E-state index in [9.17, 15) is 19.2 Å². The van der Waals surface area contributed by atoms with Crippen molar-refractivity contribution in [2.24, 2.45) is 0 Å². The second-order valence-electron chi connectivity index (χ2n) is 17.4. The molecule has 12 heteroatoms. The van der Waals surface area contributed by atoms with Gasteiger partial charge in [-0.1, -0.05) is 37.1 Å². The summed E-state index contributed by atoms with van der Waals surface area (Å²) in [7, 11) is 0. The van der Waals surface area contributed by atoms with Crippen LogP contribution in [0.15, 0.2) is 36.4 Å². The fourth-order valence-electron chi connectivity index (χ4n) is 10.3. The Bertz CT molecular complexity index is 2050. The lowest BCUT2D eigenvalue weighted by atomic mass is 9.79. The highest BCUT2D eigenvalue weighted by molar-refractivity contribution is 6.35. The van der Waals surface area contributed by atoms with E-state index in [4.69, 9.17) is 9.47 Å². The lowest BCUT2D eigenvalue weighted by Crippen LogP contribution is -2.46. The average molecular weight is 805 g/mol. The van der Waals surface area contributed by atoms with Gasteiger partial charge in [0.1, 0.15) is 0 Å². The molecule has 0 radical (unpaired) electrons. The van der Waals surface area contributed by atoms with Crippen molar-refractivity contribution < 1.29 is 28.7 Å². The van der Waals surface area contributed by atoms with Crippen LogP contribution in [0.4, 0.5) is 0 Å². The maximum absolute atomic E-state index is 14.9. The highest BCUT2D eigenvalue weighted by Gasteiger charge is 2.42. The molecule has 4 fully saturated rings. The number of nitrogens with zero attached hydrogens (tertiary/aromatic N) is 5. The zero-order chi connectivity index (χ0) is 40.3. The van der Waals surface area contributed by atoms with Gasteiger partial charge in [-0.25, -0.2) is 0 Å². The molecule has 59 heavy (non-hydrogen) atoms. The second kappa shape index (κ2) is 18.3. The first-order valence-corrected chi connectivity index (χ1v) is 22.5. The minimum absolute atomic E-state index is 0.281. The van der Waals surface area contributed by atoms with Crippen LogP contribution in [-0.4, -0.2) is 153 Å². The summed E-state index contributed by atoms with van der Waals surface area (Å²) in [5, 5.41) is 4.63. The number of benzene rings is 3. The number of rotatable bonds is 16. The molecular weight excluding hydrogens is 745 g/mol. The summed E-state index contributed by atoms with van der Waals surface area (Å²) in [4.78, 5) is 69.1. The molecule has 4 amide bonds. The Morgan fingerprint density at radius 3 is 1.68 bits per heavy atom. The summed E-state index contributed by atoms with van der Waals surface area (Å²) in [6, 6.07) is 12.6. The summed E-state index contributed by atoms with van der Waals surface area (Å²) in [6.07, 6.45) is 10.1. The average Bonchev–Trinajstić information content (AvgIpc) is 4.00. The summed E-state index contributed by atoms with van der Waals surface area (Å²) < 4.78 is 11.1. The van der Waals surface area contributed by atoms with E-state index in [2.05, 4.69) is 32.1 Å². The van der Waals surface area contributed by atoms with Crippen LogP contribution in [0.25, 0.3) is 21.9 Å². The monoisotopic (exact) mass is 804 g/mol. The Morgan fingerprint density at radius 1 is 0.542 bits per heavy atom. The predicted molar refractivity (Wildman–Crippen MR) is 227 cm³/mol. The number of amides is 4. The lowest BCUT2D eigenvalue weighted by molar-refractivity contribution is 0.0351. The molecule has 12 nitrogen and oxygen atoms in total. The van der Waals surface area contributed by atoms with Gasteiger partial charge in [0, 0.05) is 86.8 Å². The van der Waals surface area contributed by atoms with Crippen LogP contribution in [0, 0.1) is 0 Å². The van der Waals surface area contributed by atoms with Crippen molar-refractivity contribution >= 4 is 34.4 Å². The van der Waals surface area contributed by atoms with E-state index in [0.717, 1.165) is 88.6 Å². The van der Waals surface area contributed by atoms with Gasteiger partial charge >= 0.3 is 0 Å². The van der Waals surface area contributed by atoms with Crippen molar-refractivity contribution in [3.8, 4) is 11.1 Å². The van der Waals surface area contributed by atoms with Crippen molar-refractivity contribution in [2.75, 3.05) is 98.4 Å². The number of aryl methyl sites for hydroxylation is 1. The molecule has 6 aliphatic rings. The van der Waals surface area contributed by atoms with E-state index in [-0.39, 0.29) is 30.2 Å². The van der Waals surface area contributed by atoms with Crippen molar-refractivity contribution in [2.45, 2.75) is 76.8 Å². The second-order valence-corrected chi connectivity index (χ2v) is 17.4. The minimum atomic E-state index is -0.362. The fraction of sp³-hybridized carbons (Fsp3) is 0.574. The molecule has 5 heterocycles. The van der Waals surface area contributed by atoms with Gasteiger partial charge < -0.3 is 19.7 Å². The van der Waals surface area contributed by atoms with Crippen LogP contribution in [0.2, 0.25) is 0 Å². The van der Waals surface area contributed by atoms with Crippen molar-refractivity contribution in [3.63, 3.8) is 0 Å². The maximum Gasteiger partial charge on any atom is 0.262 e. The largest absolute Gasteiger partial charge is 0.379 e. The van der Waals surface area contributed by atoms with E-state index in [1.807, 2.05) is 24.3 Å². The number of ether oxygens (including phenoxy) is 2. The van der Waals surface area contributed by atoms with Crippen LogP contribution in [0.1, 0.15) is 110 Å². The molecule has 314 valence electrons. The van der Waals surface area contributed by atoms with Gasteiger partial charge in [-0.3, -0.25) is 38.8 Å². The van der Waals surface area contributed by atoms with Gasteiger partial charge in [0.2, 0.25) is 0 Å². The maximum atomic E-state index is 14.9. The van der Waals surface area contributed by atoms with E-state index >= 15 is 0 Å². The van der Waals surface area contributed by atoms with Crippen LogP contribution in [0.5, 0.6) is 0 Å². The molecule has 0 atom stereocenters. The standard InChI is InChI=1S/C47H60N6O6/c54-44-38-30-35(8-5-17-49-15-3-4-16-49)40-41-39(45(55)52(46(40)56)20-6-18-50-22-26-58-27-23-50)31-37(34-13-11-33(12-14-34)32-48-36-9-1-2-10-36)43(42(38)41)47(57)53(44)21-7-19-51-24-28-59-29-25-51/h11-14,30-31,36,48H,1-10,15-29,32H2. The Balaban J connectivity index is 1.11. The number of likely N-dealkylation sites (tertiary alicyclic amines) is 1. The molecule has 1 N–H and O–H groups in total. The van der Waals surface area contributed by atoms with Gasteiger partial charge in [0.15, 0.2) is 0 Å².